The van der Waals surface area contributed by atoms with E-state index in [0.29, 0.717) is 59.2 Å². The summed E-state index contributed by atoms with van der Waals surface area (Å²) in [6.07, 6.45) is -0.286. The Morgan fingerprint density at radius 2 is 2.00 bits per heavy atom. The van der Waals surface area contributed by atoms with Gasteiger partial charge in [0.05, 0.1) is 10.8 Å². The lowest BCUT2D eigenvalue weighted by Crippen LogP contribution is -2.33. The van der Waals surface area contributed by atoms with Crippen LogP contribution in [0.3, 0.4) is 0 Å². The number of thiazole rings is 1. The van der Waals surface area contributed by atoms with Gasteiger partial charge < -0.3 is 30.5 Å². The minimum atomic E-state index is -0.931. The Morgan fingerprint density at radius 3 is 2.76 bits per heavy atom. The van der Waals surface area contributed by atoms with E-state index in [2.05, 4.69) is 10.3 Å². The summed E-state index contributed by atoms with van der Waals surface area (Å²) in [5, 5.41) is 33.7. The fourth-order valence-corrected chi connectivity index (χ4v) is 5.54. The van der Waals surface area contributed by atoms with E-state index in [1.165, 1.54) is 11.0 Å². The van der Waals surface area contributed by atoms with Crippen LogP contribution < -0.4 is 10.2 Å². The number of thioether (sulfide) groups is 1. The first-order valence-corrected chi connectivity index (χ1v) is 13.2. The maximum Gasteiger partial charge on any atom is 0.407 e. The molecule has 1 heterocycles. The number of hydrogen-bond acceptors (Lipinski definition) is 7. The van der Waals surface area contributed by atoms with E-state index in [9.17, 15) is 24.9 Å². The van der Waals surface area contributed by atoms with Crippen LogP contribution in [0.2, 0.25) is 5.02 Å². The number of aromatic hydroxyl groups is 1. The molecule has 34 heavy (non-hydrogen) atoms. The number of aliphatic hydroxyl groups excluding tert-OH is 1. The molecule has 184 valence electrons. The highest BCUT2D eigenvalue weighted by Gasteiger charge is 2.16. The van der Waals surface area contributed by atoms with E-state index in [1.54, 1.807) is 23.9 Å². The van der Waals surface area contributed by atoms with E-state index >= 15 is 0 Å². The zero-order chi connectivity index (χ0) is 24.5. The number of hydrogen-bond donors (Lipinski definition) is 5. The van der Waals surface area contributed by atoms with Gasteiger partial charge in [0.1, 0.15) is 11.3 Å². The summed E-state index contributed by atoms with van der Waals surface area (Å²) in [4.78, 5) is 26.8. The zero-order valence-corrected chi connectivity index (χ0v) is 20.9. The second-order valence-electron chi connectivity index (χ2n) is 7.69. The summed E-state index contributed by atoms with van der Waals surface area (Å²) >= 11 is 8.80. The molecular formula is C23H28ClN3O5S2. The smallest absolute Gasteiger partial charge is 0.407 e. The van der Waals surface area contributed by atoms with Crippen molar-refractivity contribution in [2.24, 2.45) is 0 Å². The molecule has 0 aliphatic rings. The summed E-state index contributed by atoms with van der Waals surface area (Å²) in [7, 11) is 0. The predicted molar refractivity (Wildman–Crippen MR) is 139 cm³/mol. The van der Waals surface area contributed by atoms with Crippen LogP contribution in [0.15, 0.2) is 41.2 Å². The summed E-state index contributed by atoms with van der Waals surface area (Å²) in [5.74, 6) is 1.55. The molecule has 3 rings (SSSR count). The van der Waals surface area contributed by atoms with Crippen molar-refractivity contribution >= 4 is 51.0 Å². The molecule has 0 fully saturated rings. The van der Waals surface area contributed by atoms with E-state index < -0.39 is 12.2 Å². The Labute approximate surface area is 210 Å². The molecule has 0 saturated heterocycles. The zero-order valence-electron chi connectivity index (χ0n) is 18.5. The lowest BCUT2D eigenvalue weighted by atomic mass is 10.1. The van der Waals surface area contributed by atoms with Crippen molar-refractivity contribution in [3.05, 3.63) is 62.2 Å². The number of halogens is 1. The van der Waals surface area contributed by atoms with Crippen LogP contribution in [0.4, 0.5) is 4.79 Å². The van der Waals surface area contributed by atoms with Crippen LogP contribution in [0, 0.1) is 0 Å². The Balaban J connectivity index is 1.32. The average Bonchev–Trinajstić information content (AvgIpc) is 3.20. The number of nitrogens with one attached hydrogen (secondary N) is 2. The van der Waals surface area contributed by atoms with Gasteiger partial charge in [0.15, 0.2) is 0 Å². The molecule has 1 aromatic heterocycles. The van der Waals surface area contributed by atoms with Crippen molar-refractivity contribution in [3.8, 4) is 5.75 Å². The lowest BCUT2D eigenvalue weighted by Gasteiger charge is -2.19. The molecule has 2 aromatic carbocycles. The second kappa shape index (κ2) is 13.0. The monoisotopic (exact) mass is 525 g/mol. The number of rotatable bonds is 13. The maximum absolute atomic E-state index is 11.6. The van der Waals surface area contributed by atoms with Gasteiger partial charge in [-0.25, -0.2) is 4.79 Å². The molecule has 1 atom stereocenters. The molecule has 0 saturated carbocycles. The molecule has 0 unspecified atom stereocenters. The molecule has 3 aromatic rings. The van der Waals surface area contributed by atoms with Crippen molar-refractivity contribution in [1.29, 1.82) is 0 Å². The van der Waals surface area contributed by atoms with Crippen molar-refractivity contribution in [1.82, 2.24) is 15.2 Å². The molecule has 0 aliphatic carbocycles. The SMILES string of the molecule is O=C(O)N(CCSCCCNC[C@H](O)c1ccc(O)c2[nH]c(=O)sc12)CCc1ccccc1Cl. The third-order valence-corrected chi connectivity index (χ3v) is 7.66. The summed E-state index contributed by atoms with van der Waals surface area (Å²) in [5.41, 5.74) is 1.89. The summed E-state index contributed by atoms with van der Waals surface area (Å²) < 4.78 is 0.562. The molecule has 11 heteroatoms. The number of amides is 1. The van der Waals surface area contributed by atoms with Gasteiger partial charge in [0.2, 0.25) is 0 Å². The Hall–Kier alpha value is -2.24. The van der Waals surface area contributed by atoms with Gasteiger partial charge in [-0.3, -0.25) is 4.79 Å². The van der Waals surface area contributed by atoms with Gasteiger partial charge in [-0.1, -0.05) is 47.2 Å². The van der Waals surface area contributed by atoms with Gasteiger partial charge in [0, 0.05) is 36.0 Å². The van der Waals surface area contributed by atoms with Gasteiger partial charge in [0.25, 0.3) is 0 Å². The van der Waals surface area contributed by atoms with Crippen LogP contribution >= 0.6 is 34.7 Å². The Bertz CT molecular complexity index is 1150. The van der Waals surface area contributed by atoms with Crippen molar-refractivity contribution in [2.45, 2.75) is 18.9 Å². The van der Waals surface area contributed by atoms with Crippen LogP contribution in [0.5, 0.6) is 5.75 Å². The van der Waals surface area contributed by atoms with Crippen molar-refractivity contribution in [2.75, 3.05) is 37.7 Å². The topological polar surface area (TPSA) is 126 Å². The first kappa shape index (κ1) is 26.4. The Morgan fingerprint density at radius 1 is 1.21 bits per heavy atom. The van der Waals surface area contributed by atoms with E-state index in [1.807, 2.05) is 18.2 Å². The lowest BCUT2D eigenvalue weighted by molar-refractivity contribution is 0.148. The largest absolute Gasteiger partial charge is 0.506 e. The Kier molecular flexibility index (Phi) is 10.1. The van der Waals surface area contributed by atoms with Gasteiger partial charge >= 0.3 is 11.0 Å². The second-order valence-corrected chi connectivity index (χ2v) is 10.3. The van der Waals surface area contributed by atoms with Crippen molar-refractivity contribution in [3.63, 3.8) is 0 Å². The standard InChI is InChI=1S/C23H28ClN3O5S2/c24-17-5-2-1-4-15(17)8-10-27(23(31)32)11-13-33-12-3-9-25-14-19(29)16-6-7-18(28)20-21(16)34-22(30)26-20/h1-2,4-7,19,25,28-29H,3,8-14H2,(H,26,30)(H,31,32)/t19-/m0/s1. The maximum atomic E-state index is 11.6. The third-order valence-electron chi connectivity index (χ3n) is 5.31. The molecule has 8 nitrogen and oxygen atoms in total. The van der Waals surface area contributed by atoms with E-state index in [4.69, 9.17) is 11.6 Å². The number of carboxylic acid groups (broad SMARTS) is 1. The molecule has 0 spiro atoms. The number of aromatic amines is 1. The first-order valence-electron chi connectivity index (χ1n) is 10.9. The molecule has 5 N–H and O–H groups in total. The van der Waals surface area contributed by atoms with Crippen LogP contribution in [-0.2, 0) is 6.42 Å². The third kappa shape index (κ3) is 7.38. The highest BCUT2D eigenvalue weighted by atomic mass is 35.5. The minimum absolute atomic E-state index is 0.0142. The normalized spacial score (nSPS) is 12.2. The number of aliphatic hydroxyl groups is 1. The number of fused-ring (bicyclic) bond motifs is 1. The predicted octanol–water partition coefficient (Wildman–Crippen LogP) is 3.92. The summed E-state index contributed by atoms with van der Waals surface area (Å²) in [6, 6.07) is 10.6. The molecule has 0 radical (unpaired) electrons. The van der Waals surface area contributed by atoms with Crippen LogP contribution in [-0.4, -0.2) is 69.0 Å². The number of carbonyl (C=O) groups is 1. The number of nitrogens with zero attached hydrogens (tertiary/aromatic N) is 1. The molecule has 0 aliphatic heterocycles. The number of benzene rings is 2. The fourth-order valence-electron chi connectivity index (χ4n) is 3.49. The summed E-state index contributed by atoms with van der Waals surface area (Å²) in [6.45, 7) is 1.88. The highest BCUT2D eigenvalue weighted by Crippen LogP contribution is 2.31. The minimum Gasteiger partial charge on any atom is -0.506 e. The average molecular weight is 526 g/mol. The molecule has 1 amide bonds. The quantitative estimate of drug-likeness (QED) is 0.214. The van der Waals surface area contributed by atoms with Gasteiger partial charge in [-0.05, 0) is 42.8 Å². The number of phenolic OH excluding ortho intramolecular Hbond substituents is 1. The number of H-pyrrole nitrogens is 1. The molecule has 0 bridgehead atoms. The van der Waals surface area contributed by atoms with E-state index in [-0.39, 0.29) is 10.6 Å². The number of phenols is 1. The van der Waals surface area contributed by atoms with Gasteiger partial charge in [-0.15, -0.1) is 0 Å². The van der Waals surface area contributed by atoms with Crippen LogP contribution in [0.25, 0.3) is 10.2 Å². The van der Waals surface area contributed by atoms with Gasteiger partial charge in [-0.2, -0.15) is 11.8 Å². The number of aromatic nitrogens is 1. The highest BCUT2D eigenvalue weighted by molar-refractivity contribution is 7.99. The first-order chi connectivity index (χ1) is 16.4. The van der Waals surface area contributed by atoms with Crippen molar-refractivity contribution < 1.29 is 20.1 Å². The molecular weight excluding hydrogens is 498 g/mol. The van der Waals surface area contributed by atoms with Crippen LogP contribution in [0.1, 0.15) is 23.7 Å². The fraction of sp³-hybridized carbons (Fsp3) is 0.391. The van der Waals surface area contributed by atoms with E-state index in [0.717, 1.165) is 29.1 Å².